The molecule has 0 heterocycles. The van der Waals surface area contributed by atoms with Gasteiger partial charge in [0.1, 0.15) is 30.5 Å². The zero-order valence-electron chi connectivity index (χ0n) is 12.6. The van der Waals surface area contributed by atoms with Gasteiger partial charge >= 0.3 is 0 Å². The topological polar surface area (TPSA) is 138 Å². The molecule has 5 atom stereocenters. The second-order valence-corrected chi connectivity index (χ2v) is 5.28. The Balaban J connectivity index is 2.92. The first-order valence-electron chi connectivity index (χ1n) is 6.99. The van der Waals surface area contributed by atoms with Crippen molar-refractivity contribution < 1.29 is 35.4 Å². The highest BCUT2D eigenvalue weighted by atomic mass is 16.4. The Labute approximate surface area is 133 Å². The number of hydrogen-bond acceptors (Lipinski definition) is 7. The minimum atomic E-state index is -1.97. The fourth-order valence-electron chi connectivity index (χ4n) is 1.93. The van der Waals surface area contributed by atoms with E-state index in [2.05, 4.69) is 0 Å². The lowest BCUT2D eigenvalue weighted by Gasteiger charge is -2.28. The monoisotopic (exact) mass is 325 g/mol. The maximum Gasteiger partial charge on any atom is 0.232 e. The van der Waals surface area contributed by atoms with Crippen molar-refractivity contribution in [3.05, 3.63) is 41.0 Å². The van der Waals surface area contributed by atoms with Crippen LogP contribution >= 0.6 is 0 Å². The minimum Gasteiger partial charge on any atom is -0.394 e. The van der Waals surface area contributed by atoms with Crippen molar-refractivity contribution in [2.45, 2.75) is 37.4 Å². The van der Waals surface area contributed by atoms with E-state index in [-0.39, 0.29) is 5.57 Å². The molecule has 0 spiro atoms. The number of carbonyl (C=O) groups excluding carboxylic acids is 1. The fraction of sp³-hybridized carbons (Fsp3) is 0.438. The molecule has 1 unspecified atom stereocenters. The van der Waals surface area contributed by atoms with Crippen LogP contribution in [-0.2, 0) is 4.79 Å². The molecule has 0 aliphatic heterocycles. The largest absolute Gasteiger partial charge is 0.394 e. The first-order valence-corrected chi connectivity index (χ1v) is 6.99. The molecule has 0 amide bonds. The Morgan fingerprint density at radius 1 is 1.04 bits per heavy atom. The summed E-state index contributed by atoms with van der Waals surface area (Å²) in [6.45, 7) is 1.04. The molecule has 1 aromatic carbocycles. The molecule has 0 saturated carbocycles. The van der Waals surface area contributed by atoms with Gasteiger partial charge in [-0.15, -0.1) is 0 Å². The SMILES string of the molecule is Cc1ccc(C=C([C]=O)C(O)[C@H](O)[C@@H](O)[C@H](O)[C@H](O)CO)cc1. The minimum absolute atomic E-state index is 0.328. The number of aryl methyl sites for hydroxylation is 1. The van der Waals surface area contributed by atoms with Crippen LogP contribution < -0.4 is 0 Å². The average Bonchev–Trinajstić information content (AvgIpc) is 2.57. The van der Waals surface area contributed by atoms with Crippen LogP contribution in [0.4, 0.5) is 0 Å². The van der Waals surface area contributed by atoms with E-state index in [1.165, 1.54) is 12.4 Å². The standard InChI is InChI=1S/C16H21O7/c1-9-2-4-10(5-3-9)6-11(7-17)13(20)15(22)16(23)14(21)12(19)8-18/h2-6,12-16,18-23H,8H2,1H3/t12-,13?,14-,15+,16+/m1/s1. The van der Waals surface area contributed by atoms with E-state index < -0.39 is 37.1 Å². The number of hydrogen-bond donors (Lipinski definition) is 6. The normalized spacial score (nSPS) is 18.8. The van der Waals surface area contributed by atoms with Crippen molar-refractivity contribution in [3.8, 4) is 0 Å². The third-order valence-corrected chi connectivity index (χ3v) is 3.44. The summed E-state index contributed by atoms with van der Waals surface area (Å²) in [5.74, 6) is 0. The van der Waals surface area contributed by atoms with E-state index >= 15 is 0 Å². The highest BCUT2D eigenvalue weighted by Gasteiger charge is 2.35. The molecule has 127 valence electrons. The molecule has 23 heavy (non-hydrogen) atoms. The molecule has 0 aliphatic carbocycles. The molecule has 7 heteroatoms. The second-order valence-electron chi connectivity index (χ2n) is 5.28. The average molecular weight is 325 g/mol. The Bertz CT molecular complexity index is 526. The van der Waals surface area contributed by atoms with Crippen LogP contribution in [0.2, 0.25) is 0 Å². The molecule has 6 N–H and O–H groups in total. The Morgan fingerprint density at radius 2 is 1.61 bits per heavy atom. The van der Waals surface area contributed by atoms with E-state index in [1.54, 1.807) is 24.3 Å². The third-order valence-electron chi connectivity index (χ3n) is 3.44. The molecule has 0 aliphatic rings. The first-order chi connectivity index (χ1) is 10.8. The van der Waals surface area contributed by atoms with Crippen LogP contribution in [-0.4, -0.2) is 74.1 Å². The van der Waals surface area contributed by atoms with Gasteiger partial charge in [-0.2, -0.15) is 0 Å². The van der Waals surface area contributed by atoms with E-state index in [0.29, 0.717) is 5.56 Å². The van der Waals surface area contributed by atoms with Gasteiger partial charge in [-0.1, -0.05) is 29.8 Å². The van der Waals surface area contributed by atoms with Crippen LogP contribution in [0.1, 0.15) is 11.1 Å². The molecule has 1 rings (SSSR count). The Morgan fingerprint density at radius 3 is 2.09 bits per heavy atom. The highest BCUT2D eigenvalue weighted by Crippen LogP contribution is 2.16. The molecule has 0 aromatic heterocycles. The summed E-state index contributed by atoms with van der Waals surface area (Å²) in [6, 6.07) is 6.94. The molecule has 1 aromatic rings. The summed E-state index contributed by atoms with van der Waals surface area (Å²) in [6.07, 6.45) is -6.58. The van der Waals surface area contributed by atoms with E-state index in [0.717, 1.165) is 5.56 Å². The van der Waals surface area contributed by atoms with E-state index in [4.69, 9.17) is 5.11 Å². The number of aliphatic hydroxyl groups excluding tert-OH is 6. The number of rotatable bonds is 8. The zero-order valence-corrected chi connectivity index (χ0v) is 12.6. The van der Waals surface area contributed by atoms with Gasteiger partial charge in [-0.25, -0.2) is 0 Å². The van der Waals surface area contributed by atoms with Crippen molar-refractivity contribution in [1.82, 2.24) is 0 Å². The van der Waals surface area contributed by atoms with Gasteiger partial charge in [0, 0.05) is 5.57 Å². The zero-order chi connectivity index (χ0) is 17.6. The highest BCUT2D eigenvalue weighted by molar-refractivity contribution is 5.83. The molecular formula is C16H21O7. The number of benzene rings is 1. The predicted octanol–water partition coefficient (Wildman–Crippen LogP) is -1.72. The molecule has 7 nitrogen and oxygen atoms in total. The lowest BCUT2D eigenvalue weighted by molar-refractivity contribution is -0.133. The summed E-state index contributed by atoms with van der Waals surface area (Å²) in [4.78, 5) is 11.0. The fourth-order valence-corrected chi connectivity index (χ4v) is 1.93. The smallest absolute Gasteiger partial charge is 0.232 e. The Hall–Kier alpha value is -1.61. The summed E-state index contributed by atoms with van der Waals surface area (Å²) >= 11 is 0. The maximum atomic E-state index is 11.0. The lowest BCUT2D eigenvalue weighted by atomic mass is 9.94. The van der Waals surface area contributed by atoms with Crippen molar-refractivity contribution in [2.24, 2.45) is 0 Å². The van der Waals surface area contributed by atoms with Crippen molar-refractivity contribution in [1.29, 1.82) is 0 Å². The van der Waals surface area contributed by atoms with Crippen LogP contribution in [0.25, 0.3) is 6.08 Å². The summed E-state index contributed by atoms with van der Waals surface area (Å²) in [7, 11) is 0. The lowest BCUT2D eigenvalue weighted by Crippen LogP contribution is -2.50. The molecular weight excluding hydrogens is 304 g/mol. The van der Waals surface area contributed by atoms with Gasteiger partial charge in [0.25, 0.3) is 0 Å². The van der Waals surface area contributed by atoms with Crippen molar-refractivity contribution in [2.75, 3.05) is 6.61 Å². The van der Waals surface area contributed by atoms with E-state index in [1.807, 2.05) is 6.92 Å². The van der Waals surface area contributed by atoms with Gasteiger partial charge in [0.05, 0.1) is 6.61 Å². The van der Waals surface area contributed by atoms with Crippen LogP contribution in [0.5, 0.6) is 0 Å². The predicted molar refractivity (Wildman–Crippen MR) is 82.0 cm³/mol. The molecule has 0 saturated heterocycles. The van der Waals surface area contributed by atoms with Crippen LogP contribution in [0.3, 0.4) is 0 Å². The van der Waals surface area contributed by atoms with Gasteiger partial charge < -0.3 is 30.6 Å². The van der Waals surface area contributed by atoms with Crippen LogP contribution in [0, 0.1) is 6.92 Å². The van der Waals surface area contributed by atoms with Crippen LogP contribution in [0.15, 0.2) is 29.8 Å². The van der Waals surface area contributed by atoms with Gasteiger partial charge in [0.2, 0.25) is 6.29 Å². The molecule has 0 fully saturated rings. The van der Waals surface area contributed by atoms with Gasteiger partial charge in [0.15, 0.2) is 0 Å². The maximum absolute atomic E-state index is 11.0. The van der Waals surface area contributed by atoms with Gasteiger partial charge in [-0.3, -0.25) is 4.79 Å². The van der Waals surface area contributed by atoms with Gasteiger partial charge in [-0.05, 0) is 18.6 Å². The summed E-state index contributed by atoms with van der Waals surface area (Å²) in [5, 5.41) is 57.0. The Kier molecular flexibility index (Phi) is 7.50. The van der Waals surface area contributed by atoms with E-state index in [9.17, 15) is 30.3 Å². The third kappa shape index (κ3) is 5.21. The van der Waals surface area contributed by atoms with Crippen molar-refractivity contribution >= 4 is 12.4 Å². The quantitative estimate of drug-likeness (QED) is 0.313. The summed E-state index contributed by atoms with van der Waals surface area (Å²) < 4.78 is 0. The van der Waals surface area contributed by atoms with Crippen molar-refractivity contribution in [3.63, 3.8) is 0 Å². The first kappa shape index (κ1) is 19.4. The summed E-state index contributed by atoms with van der Waals surface area (Å²) in [5.41, 5.74) is 1.24. The second kappa shape index (κ2) is 8.88. The molecule has 0 bridgehead atoms. The number of aliphatic hydroxyl groups is 6. The molecule has 1 radical (unpaired) electrons.